The normalized spacial score (nSPS) is 12.1. The lowest BCUT2D eigenvalue weighted by Gasteiger charge is -2.13. The Morgan fingerprint density at radius 1 is 0.970 bits per heavy atom. The molecule has 0 spiro atoms. The van der Waals surface area contributed by atoms with E-state index in [-0.39, 0.29) is 12.4 Å². The maximum atomic E-state index is 13.0. The number of benzene rings is 2. The van der Waals surface area contributed by atoms with Crippen LogP contribution < -0.4 is 10.1 Å². The van der Waals surface area contributed by atoms with Gasteiger partial charge in [0.2, 0.25) is 0 Å². The molecule has 0 saturated heterocycles. The zero-order valence-corrected chi connectivity index (χ0v) is 20.4. The molecule has 178 valence electrons. The van der Waals surface area contributed by atoms with E-state index in [9.17, 15) is 8.96 Å². The van der Waals surface area contributed by atoms with E-state index in [4.69, 9.17) is 14.2 Å². The van der Waals surface area contributed by atoms with E-state index in [1.54, 1.807) is 11.3 Å². The van der Waals surface area contributed by atoms with Gasteiger partial charge in [-0.3, -0.25) is 4.57 Å². The van der Waals surface area contributed by atoms with Gasteiger partial charge >= 0.3 is 8.25 Å². The quantitative estimate of drug-likeness (QED) is 0.195. The molecule has 1 heterocycles. The van der Waals surface area contributed by atoms with E-state index in [2.05, 4.69) is 28.9 Å². The van der Waals surface area contributed by atoms with Gasteiger partial charge in [-0.25, -0.2) is 4.39 Å². The van der Waals surface area contributed by atoms with Crippen LogP contribution in [-0.2, 0) is 22.1 Å². The summed E-state index contributed by atoms with van der Waals surface area (Å²) in [6.07, 6.45) is 4.71. The molecule has 33 heavy (non-hydrogen) atoms. The van der Waals surface area contributed by atoms with Gasteiger partial charge in [0.1, 0.15) is 11.6 Å². The molecule has 3 aromatic rings. The fourth-order valence-corrected chi connectivity index (χ4v) is 4.53. The lowest BCUT2D eigenvalue weighted by molar-refractivity contribution is 0.276. The fraction of sp³-hybridized carbons (Fsp3) is 0.360. The van der Waals surface area contributed by atoms with Crippen LogP contribution in [0.15, 0.2) is 60.0 Å². The summed E-state index contributed by atoms with van der Waals surface area (Å²) >= 11 is 1.69. The van der Waals surface area contributed by atoms with E-state index in [1.165, 1.54) is 22.6 Å². The first-order valence-corrected chi connectivity index (χ1v) is 13.4. The van der Waals surface area contributed by atoms with Crippen LogP contribution in [0.3, 0.4) is 0 Å². The molecule has 1 atom stereocenters. The zero-order chi connectivity index (χ0) is 23.3. The third-order valence-electron chi connectivity index (χ3n) is 5.16. The summed E-state index contributed by atoms with van der Waals surface area (Å²) in [5, 5.41) is 5.40. The minimum Gasteiger partial charge on any atom is -0.493 e. The number of thiophene rings is 1. The second-order valence-electron chi connectivity index (χ2n) is 7.74. The molecule has 0 aliphatic rings. The SMILES string of the molecule is O=[PH](O)OCCCNCc1ccc(OCCCCCc2ccc(F)cc2)c(-c2cccs2)c1. The summed E-state index contributed by atoms with van der Waals surface area (Å²) in [5.41, 5.74) is 3.41. The highest BCUT2D eigenvalue weighted by Gasteiger charge is 2.09. The van der Waals surface area contributed by atoms with Crippen molar-refractivity contribution in [1.29, 1.82) is 0 Å². The van der Waals surface area contributed by atoms with Crippen molar-refractivity contribution in [1.82, 2.24) is 5.32 Å². The lowest BCUT2D eigenvalue weighted by Crippen LogP contribution is -2.16. The van der Waals surface area contributed by atoms with E-state index < -0.39 is 8.25 Å². The molecule has 1 unspecified atom stereocenters. The van der Waals surface area contributed by atoms with Crippen LogP contribution >= 0.6 is 19.6 Å². The lowest BCUT2D eigenvalue weighted by atomic mass is 10.1. The molecule has 0 aliphatic carbocycles. The van der Waals surface area contributed by atoms with Gasteiger partial charge in [0.25, 0.3) is 0 Å². The van der Waals surface area contributed by atoms with E-state index in [1.807, 2.05) is 24.3 Å². The number of ether oxygens (including phenoxy) is 1. The number of nitrogens with one attached hydrogen (secondary N) is 1. The topological polar surface area (TPSA) is 67.8 Å². The molecule has 8 heteroatoms. The minimum atomic E-state index is -2.84. The van der Waals surface area contributed by atoms with E-state index >= 15 is 0 Å². The molecule has 2 N–H and O–H groups in total. The molecular formula is C25H31FNO4PS. The molecule has 0 fully saturated rings. The van der Waals surface area contributed by atoms with Crippen LogP contribution in [0, 0.1) is 5.82 Å². The molecule has 0 amide bonds. The maximum absolute atomic E-state index is 13.0. The van der Waals surface area contributed by atoms with Crippen molar-refractivity contribution in [3.63, 3.8) is 0 Å². The van der Waals surface area contributed by atoms with Gasteiger partial charge < -0.3 is 19.5 Å². The maximum Gasteiger partial charge on any atom is 0.316 e. The zero-order valence-electron chi connectivity index (χ0n) is 18.6. The summed E-state index contributed by atoms with van der Waals surface area (Å²) in [6, 6.07) is 17.1. The number of halogens is 1. The minimum absolute atomic E-state index is 0.192. The van der Waals surface area contributed by atoms with Crippen molar-refractivity contribution in [3.05, 3.63) is 76.9 Å². The Kier molecular flexibility index (Phi) is 11.1. The number of rotatable bonds is 15. The van der Waals surface area contributed by atoms with Crippen LogP contribution in [0.2, 0.25) is 0 Å². The number of hydrogen-bond donors (Lipinski definition) is 2. The standard InChI is InChI=1S/C25H31FNO4PS/c26-22-11-8-20(9-12-22)6-2-1-3-15-30-24-13-10-21(18-23(24)25-7-4-17-33-25)19-27-14-5-16-31-32(28)29/h4,7-13,17-18,27,32H,1-3,5-6,14-16,19H2,(H,28,29). The summed E-state index contributed by atoms with van der Waals surface area (Å²) in [5.74, 6) is 0.698. The molecule has 0 radical (unpaired) electrons. The van der Waals surface area contributed by atoms with E-state index in [0.717, 1.165) is 42.6 Å². The van der Waals surface area contributed by atoms with Gasteiger partial charge in [-0.15, -0.1) is 11.3 Å². The van der Waals surface area contributed by atoms with Crippen LogP contribution in [0.1, 0.15) is 36.8 Å². The smallest absolute Gasteiger partial charge is 0.316 e. The summed E-state index contributed by atoms with van der Waals surface area (Å²) in [7, 11) is -2.84. The monoisotopic (exact) mass is 491 g/mol. The predicted molar refractivity (Wildman–Crippen MR) is 133 cm³/mol. The van der Waals surface area contributed by atoms with Crippen molar-refractivity contribution in [2.75, 3.05) is 19.8 Å². The molecular weight excluding hydrogens is 460 g/mol. The molecule has 2 aromatic carbocycles. The first kappa shape index (κ1) is 25.6. The summed E-state index contributed by atoms with van der Waals surface area (Å²) in [6.45, 7) is 2.35. The molecule has 0 aliphatic heterocycles. The largest absolute Gasteiger partial charge is 0.493 e. The van der Waals surface area contributed by atoms with Gasteiger partial charge in [-0.1, -0.05) is 24.3 Å². The molecule has 0 bridgehead atoms. The Morgan fingerprint density at radius 3 is 2.55 bits per heavy atom. The van der Waals surface area contributed by atoms with Crippen LogP contribution in [0.25, 0.3) is 10.4 Å². The molecule has 5 nitrogen and oxygen atoms in total. The summed E-state index contributed by atoms with van der Waals surface area (Å²) < 4.78 is 34.4. The Morgan fingerprint density at radius 2 is 1.79 bits per heavy atom. The van der Waals surface area contributed by atoms with Gasteiger partial charge in [0.15, 0.2) is 0 Å². The average molecular weight is 492 g/mol. The van der Waals surface area contributed by atoms with Crippen LogP contribution in [-0.4, -0.2) is 24.7 Å². The molecule has 0 saturated carbocycles. The van der Waals surface area contributed by atoms with Gasteiger partial charge in [0.05, 0.1) is 13.2 Å². The summed E-state index contributed by atoms with van der Waals surface area (Å²) in [4.78, 5) is 9.85. The van der Waals surface area contributed by atoms with E-state index in [0.29, 0.717) is 26.1 Å². The Hall–Kier alpha value is -2.02. The van der Waals surface area contributed by atoms with Crippen LogP contribution in [0.4, 0.5) is 4.39 Å². The van der Waals surface area contributed by atoms with Crippen molar-refractivity contribution in [2.45, 2.75) is 38.6 Å². The highest BCUT2D eigenvalue weighted by Crippen LogP contribution is 2.34. The molecule has 3 rings (SSSR count). The fourth-order valence-electron chi connectivity index (χ4n) is 3.47. The van der Waals surface area contributed by atoms with Crippen molar-refractivity contribution in [2.24, 2.45) is 0 Å². The Balaban J connectivity index is 1.45. The number of unbranched alkanes of at least 4 members (excludes halogenated alkanes) is 2. The third kappa shape index (κ3) is 9.40. The third-order valence-corrected chi connectivity index (χ3v) is 6.52. The van der Waals surface area contributed by atoms with Gasteiger partial charge in [-0.2, -0.15) is 0 Å². The Bertz CT molecular complexity index is 983. The number of hydrogen-bond acceptors (Lipinski definition) is 5. The predicted octanol–water partition coefficient (Wildman–Crippen LogP) is 6.22. The first-order chi connectivity index (χ1) is 16.1. The second-order valence-corrected chi connectivity index (χ2v) is 9.51. The Labute approximate surface area is 199 Å². The van der Waals surface area contributed by atoms with Crippen molar-refractivity contribution < 1.29 is 23.1 Å². The van der Waals surface area contributed by atoms with Gasteiger partial charge in [0, 0.05) is 17.0 Å². The van der Waals surface area contributed by atoms with Crippen molar-refractivity contribution >= 4 is 19.6 Å². The highest BCUT2D eigenvalue weighted by atomic mass is 32.1. The molecule has 1 aromatic heterocycles. The van der Waals surface area contributed by atoms with Crippen LogP contribution in [0.5, 0.6) is 5.75 Å². The highest BCUT2D eigenvalue weighted by molar-refractivity contribution is 7.32. The van der Waals surface area contributed by atoms with Crippen molar-refractivity contribution in [3.8, 4) is 16.2 Å². The van der Waals surface area contributed by atoms with Gasteiger partial charge in [-0.05, 0) is 85.5 Å². The average Bonchev–Trinajstić information content (AvgIpc) is 3.35. The second kappa shape index (κ2) is 14.3. The number of aryl methyl sites for hydroxylation is 1. The first-order valence-electron chi connectivity index (χ1n) is 11.2.